The first-order valence-electron chi connectivity index (χ1n) is 10.2. The summed E-state index contributed by atoms with van der Waals surface area (Å²) in [6.07, 6.45) is 1.74. The van der Waals surface area contributed by atoms with Crippen molar-refractivity contribution in [2.24, 2.45) is 0 Å². The van der Waals surface area contributed by atoms with E-state index in [0.29, 0.717) is 17.9 Å². The topological polar surface area (TPSA) is 78.2 Å². The number of benzene rings is 2. The molecule has 2 aromatic carbocycles. The third kappa shape index (κ3) is 4.21. The summed E-state index contributed by atoms with van der Waals surface area (Å²) < 4.78 is 21.9. The summed E-state index contributed by atoms with van der Waals surface area (Å²) in [7, 11) is 3.24. The van der Waals surface area contributed by atoms with Gasteiger partial charge in [-0.15, -0.1) is 0 Å². The first-order chi connectivity index (χ1) is 15.0. The third-order valence-corrected chi connectivity index (χ3v) is 5.65. The summed E-state index contributed by atoms with van der Waals surface area (Å²) in [5.74, 6) is 1.81. The van der Waals surface area contributed by atoms with Crippen LogP contribution in [0.5, 0.6) is 17.2 Å². The molecule has 7 heteroatoms. The molecule has 0 spiro atoms. The molecule has 1 atom stereocenters. The van der Waals surface area contributed by atoms with Crippen LogP contribution in [0.3, 0.4) is 0 Å². The van der Waals surface area contributed by atoms with Gasteiger partial charge in [-0.1, -0.05) is 0 Å². The van der Waals surface area contributed by atoms with Crippen LogP contribution in [0.15, 0.2) is 51.7 Å². The second-order valence-corrected chi connectivity index (χ2v) is 7.55. The lowest BCUT2D eigenvalue weighted by Crippen LogP contribution is -2.34. The van der Waals surface area contributed by atoms with Gasteiger partial charge in [0.2, 0.25) is 0 Å². The number of likely N-dealkylation sites (tertiary alicyclic amines) is 1. The van der Waals surface area contributed by atoms with Crippen LogP contribution in [0, 0.1) is 6.92 Å². The molecule has 0 saturated carbocycles. The first-order valence-corrected chi connectivity index (χ1v) is 10.2. The van der Waals surface area contributed by atoms with Gasteiger partial charge in [0.25, 0.3) is 5.91 Å². The molecule has 0 unspecified atom stereocenters. The number of amides is 1. The van der Waals surface area contributed by atoms with E-state index in [2.05, 4.69) is 0 Å². The Labute approximate surface area is 180 Å². The highest BCUT2D eigenvalue weighted by molar-refractivity contribution is 5.82. The molecule has 0 aliphatic carbocycles. The highest BCUT2D eigenvalue weighted by Crippen LogP contribution is 2.39. The monoisotopic (exact) mass is 423 g/mol. The van der Waals surface area contributed by atoms with E-state index in [1.54, 1.807) is 26.4 Å². The van der Waals surface area contributed by atoms with Gasteiger partial charge in [-0.2, -0.15) is 0 Å². The number of methoxy groups -OCH3 is 2. The maximum absolute atomic E-state index is 13.0. The second-order valence-electron chi connectivity index (χ2n) is 7.55. The van der Waals surface area contributed by atoms with E-state index in [-0.39, 0.29) is 18.6 Å². The van der Waals surface area contributed by atoms with Gasteiger partial charge in [0.15, 0.2) is 6.61 Å². The summed E-state index contributed by atoms with van der Waals surface area (Å²) in [5.41, 5.74) is 1.79. The van der Waals surface area contributed by atoms with Crippen molar-refractivity contribution in [2.75, 3.05) is 27.4 Å². The van der Waals surface area contributed by atoms with Crippen LogP contribution in [0.4, 0.5) is 0 Å². The first kappa shape index (κ1) is 20.8. The van der Waals surface area contributed by atoms with Crippen molar-refractivity contribution >= 4 is 16.9 Å². The molecule has 0 bridgehead atoms. The Balaban J connectivity index is 1.51. The Morgan fingerprint density at radius 1 is 1.10 bits per heavy atom. The molecular weight excluding hydrogens is 398 g/mol. The Morgan fingerprint density at radius 2 is 1.90 bits per heavy atom. The summed E-state index contributed by atoms with van der Waals surface area (Å²) >= 11 is 0. The van der Waals surface area contributed by atoms with E-state index < -0.39 is 5.63 Å². The lowest BCUT2D eigenvalue weighted by atomic mass is 10.0. The highest BCUT2D eigenvalue weighted by Gasteiger charge is 2.32. The third-order valence-electron chi connectivity index (χ3n) is 5.65. The summed E-state index contributed by atoms with van der Waals surface area (Å²) in [5, 5.41) is 0.836. The van der Waals surface area contributed by atoms with Crippen LogP contribution in [0.25, 0.3) is 11.0 Å². The number of ether oxygens (including phenoxy) is 3. The van der Waals surface area contributed by atoms with Crippen LogP contribution >= 0.6 is 0 Å². The van der Waals surface area contributed by atoms with Crippen molar-refractivity contribution in [2.45, 2.75) is 25.8 Å². The molecule has 2 heterocycles. The zero-order valence-electron chi connectivity index (χ0n) is 17.8. The van der Waals surface area contributed by atoms with Gasteiger partial charge in [0.05, 0.1) is 20.3 Å². The number of hydrogen-bond donors (Lipinski definition) is 0. The molecule has 1 saturated heterocycles. The van der Waals surface area contributed by atoms with Gasteiger partial charge in [0, 0.05) is 29.6 Å². The summed E-state index contributed by atoms with van der Waals surface area (Å²) in [6, 6.07) is 12.2. The molecule has 1 aliphatic heterocycles. The minimum atomic E-state index is -0.412. The van der Waals surface area contributed by atoms with Gasteiger partial charge >= 0.3 is 5.63 Å². The molecule has 31 heavy (non-hydrogen) atoms. The van der Waals surface area contributed by atoms with E-state index >= 15 is 0 Å². The average Bonchev–Trinajstić information content (AvgIpc) is 3.26. The van der Waals surface area contributed by atoms with Crippen LogP contribution in [0.1, 0.15) is 30.0 Å². The fourth-order valence-corrected chi connectivity index (χ4v) is 4.11. The lowest BCUT2D eigenvalue weighted by molar-refractivity contribution is -0.134. The van der Waals surface area contributed by atoms with Gasteiger partial charge < -0.3 is 23.5 Å². The maximum Gasteiger partial charge on any atom is 0.336 e. The number of aryl methyl sites for hydroxylation is 1. The van der Waals surface area contributed by atoms with Gasteiger partial charge in [-0.05, 0) is 55.7 Å². The van der Waals surface area contributed by atoms with E-state index in [1.807, 2.05) is 36.1 Å². The minimum Gasteiger partial charge on any atom is -0.497 e. The van der Waals surface area contributed by atoms with Crippen molar-refractivity contribution < 1.29 is 23.4 Å². The normalized spacial score (nSPS) is 15.8. The minimum absolute atomic E-state index is 0.0987. The van der Waals surface area contributed by atoms with Gasteiger partial charge in [-0.25, -0.2) is 4.79 Å². The lowest BCUT2D eigenvalue weighted by Gasteiger charge is -2.26. The second kappa shape index (κ2) is 8.71. The molecule has 7 nitrogen and oxygen atoms in total. The zero-order valence-corrected chi connectivity index (χ0v) is 17.8. The molecule has 1 aliphatic rings. The predicted octanol–water partition coefficient (Wildman–Crippen LogP) is 3.86. The summed E-state index contributed by atoms with van der Waals surface area (Å²) in [4.78, 5) is 26.4. The SMILES string of the molecule is COc1ccc(OC)c([C@@H]2CCCN2C(=O)COc2ccc3c(C)cc(=O)oc3c2)c1. The van der Waals surface area contributed by atoms with Crippen LogP contribution in [-0.4, -0.2) is 38.2 Å². The van der Waals surface area contributed by atoms with Crippen LogP contribution in [-0.2, 0) is 4.79 Å². The molecule has 0 radical (unpaired) electrons. The Hall–Kier alpha value is -3.48. The zero-order chi connectivity index (χ0) is 22.0. The standard InChI is InChI=1S/C24H25NO6/c1-15-11-24(27)31-22-13-17(6-8-18(15)22)30-14-23(26)25-10-4-5-20(25)19-12-16(28-2)7-9-21(19)29-3/h6-9,11-13,20H,4-5,10,14H2,1-3H3/t20-/m0/s1. The molecule has 4 rings (SSSR count). The van der Waals surface area contributed by atoms with E-state index in [0.717, 1.165) is 40.9 Å². The fraction of sp³-hybridized carbons (Fsp3) is 0.333. The highest BCUT2D eigenvalue weighted by atomic mass is 16.5. The molecule has 3 aromatic rings. The number of carbonyl (C=O) groups excluding carboxylic acids is 1. The molecule has 1 aromatic heterocycles. The van der Waals surface area contributed by atoms with Gasteiger partial charge in [-0.3, -0.25) is 4.79 Å². The molecule has 0 N–H and O–H groups in total. The largest absolute Gasteiger partial charge is 0.497 e. The Bertz CT molecular complexity index is 1170. The van der Waals surface area contributed by atoms with Gasteiger partial charge in [0.1, 0.15) is 22.8 Å². The van der Waals surface area contributed by atoms with E-state index in [4.69, 9.17) is 18.6 Å². The van der Waals surface area contributed by atoms with E-state index in [9.17, 15) is 9.59 Å². The molecule has 1 amide bonds. The van der Waals surface area contributed by atoms with Crippen LogP contribution < -0.4 is 19.8 Å². The smallest absolute Gasteiger partial charge is 0.336 e. The van der Waals surface area contributed by atoms with Crippen molar-refractivity contribution in [3.63, 3.8) is 0 Å². The van der Waals surface area contributed by atoms with Crippen molar-refractivity contribution in [1.29, 1.82) is 0 Å². The van der Waals surface area contributed by atoms with E-state index in [1.165, 1.54) is 6.07 Å². The number of carbonyl (C=O) groups is 1. The number of rotatable bonds is 6. The molecular formula is C24H25NO6. The molecule has 162 valence electrons. The summed E-state index contributed by atoms with van der Waals surface area (Å²) in [6.45, 7) is 2.40. The Kier molecular flexibility index (Phi) is 5.84. The number of hydrogen-bond acceptors (Lipinski definition) is 6. The predicted molar refractivity (Wildman–Crippen MR) is 116 cm³/mol. The fourth-order valence-electron chi connectivity index (χ4n) is 4.11. The maximum atomic E-state index is 13.0. The number of nitrogens with zero attached hydrogens (tertiary/aromatic N) is 1. The molecule has 1 fully saturated rings. The average molecular weight is 423 g/mol. The van der Waals surface area contributed by atoms with Crippen molar-refractivity contribution in [1.82, 2.24) is 4.90 Å². The quantitative estimate of drug-likeness (QED) is 0.560. The van der Waals surface area contributed by atoms with Crippen molar-refractivity contribution in [3.8, 4) is 17.2 Å². The van der Waals surface area contributed by atoms with Crippen LogP contribution in [0.2, 0.25) is 0 Å². The number of fused-ring (bicyclic) bond motifs is 1. The Morgan fingerprint density at radius 3 is 2.68 bits per heavy atom. The van der Waals surface area contributed by atoms with Crippen molar-refractivity contribution in [3.05, 3.63) is 64.0 Å².